The fourth-order valence-corrected chi connectivity index (χ4v) is 1.52. The predicted molar refractivity (Wildman–Crippen MR) is 50.7 cm³/mol. The van der Waals surface area contributed by atoms with Gasteiger partial charge in [0.25, 0.3) is 0 Å². The fraction of sp³-hybridized carbons (Fsp3) is 0.222. The SMILES string of the molecule is CSc1cc(F)c(C(O)C(=O)O)cc1F. The van der Waals surface area contributed by atoms with E-state index in [-0.39, 0.29) is 4.90 Å². The van der Waals surface area contributed by atoms with Crippen molar-refractivity contribution in [2.24, 2.45) is 0 Å². The highest BCUT2D eigenvalue weighted by atomic mass is 32.2. The lowest BCUT2D eigenvalue weighted by Crippen LogP contribution is -2.12. The third kappa shape index (κ3) is 2.45. The van der Waals surface area contributed by atoms with Crippen molar-refractivity contribution in [3.63, 3.8) is 0 Å². The van der Waals surface area contributed by atoms with E-state index in [4.69, 9.17) is 10.2 Å². The monoisotopic (exact) mass is 234 g/mol. The molecule has 0 aliphatic heterocycles. The molecule has 1 unspecified atom stereocenters. The molecule has 3 nitrogen and oxygen atoms in total. The van der Waals surface area contributed by atoms with E-state index in [1.807, 2.05) is 0 Å². The minimum Gasteiger partial charge on any atom is -0.479 e. The number of rotatable bonds is 3. The Balaban J connectivity index is 3.21. The molecule has 0 aromatic heterocycles. The summed E-state index contributed by atoms with van der Waals surface area (Å²) >= 11 is 0.994. The molecule has 82 valence electrons. The minimum absolute atomic E-state index is 0.0637. The highest BCUT2D eigenvalue weighted by molar-refractivity contribution is 7.98. The van der Waals surface area contributed by atoms with E-state index in [0.717, 1.165) is 17.8 Å². The maximum absolute atomic E-state index is 13.2. The topological polar surface area (TPSA) is 57.5 Å². The molecule has 0 fully saturated rings. The molecule has 1 atom stereocenters. The molecule has 1 aromatic rings. The Kier molecular flexibility index (Phi) is 3.65. The van der Waals surface area contributed by atoms with E-state index < -0.39 is 29.3 Å². The Morgan fingerprint density at radius 1 is 1.40 bits per heavy atom. The summed E-state index contributed by atoms with van der Waals surface area (Å²) in [6.07, 6.45) is -0.485. The molecule has 0 saturated heterocycles. The normalized spacial score (nSPS) is 12.5. The molecule has 1 rings (SSSR count). The quantitative estimate of drug-likeness (QED) is 0.783. The van der Waals surface area contributed by atoms with Crippen LogP contribution >= 0.6 is 11.8 Å². The summed E-state index contributed by atoms with van der Waals surface area (Å²) in [5, 5.41) is 17.5. The van der Waals surface area contributed by atoms with Gasteiger partial charge in [-0.25, -0.2) is 13.6 Å². The molecule has 0 radical (unpaired) electrons. The van der Waals surface area contributed by atoms with Crippen molar-refractivity contribution < 1.29 is 23.8 Å². The summed E-state index contributed by atoms with van der Waals surface area (Å²) in [6, 6.07) is 1.56. The molecule has 0 heterocycles. The second-order valence-corrected chi connectivity index (χ2v) is 3.60. The maximum atomic E-state index is 13.2. The lowest BCUT2D eigenvalue weighted by Gasteiger charge is -2.09. The summed E-state index contributed by atoms with van der Waals surface area (Å²) in [4.78, 5) is 10.4. The molecule has 0 saturated carbocycles. The molecular weight excluding hydrogens is 226 g/mol. The van der Waals surface area contributed by atoms with Gasteiger partial charge in [-0.1, -0.05) is 0 Å². The number of hydrogen-bond donors (Lipinski definition) is 2. The van der Waals surface area contributed by atoms with Crippen LogP contribution in [0, 0.1) is 11.6 Å². The Bertz CT molecular complexity index is 395. The third-order valence-electron chi connectivity index (χ3n) is 1.80. The lowest BCUT2D eigenvalue weighted by molar-refractivity contribution is -0.147. The van der Waals surface area contributed by atoms with E-state index in [1.54, 1.807) is 6.26 Å². The molecule has 0 aliphatic rings. The van der Waals surface area contributed by atoms with Crippen LogP contribution in [0.15, 0.2) is 17.0 Å². The minimum atomic E-state index is -2.05. The number of aliphatic hydroxyl groups excluding tert-OH is 1. The molecular formula is C9H8F2O3S. The first-order valence-electron chi connectivity index (χ1n) is 3.91. The van der Waals surface area contributed by atoms with Crippen LogP contribution in [0.1, 0.15) is 11.7 Å². The van der Waals surface area contributed by atoms with Gasteiger partial charge >= 0.3 is 5.97 Å². The second-order valence-electron chi connectivity index (χ2n) is 2.75. The molecule has 15 heavy (non-hydrogen) atoms. The highest BCUT2D eigenvalue weighted by Crippen LogP contribution is 2.26. The van der Waals surface area contributed by atoms with Crippen LogP contribution in [-0.4, -0.2) is 22.4 Å². The number of benzene rings is 1. The first kappa shape index (κ1) is 11.9. The van der Waals surface area contributed by atoms with Crippen molar-refractivity contribution in [2.45, 2.75) is 11.0 Å². The third-order valence-corrected chi connectivity index (χ3v) is 2.55. The molecule has 1 aromatic carbocycles. The van der Waals surface area contributed by atoms with Gasteiger partial charge in [-0.3, -0.25) is 0 Å². The average molecular weight is 234 g/mol. The van der Waals surface area contributed by atoms with Gasteiger partial charge in [0, 0.05) is 10.5 Å². The number of carbonyl (C=O) groups is 1. The largest absolute Gasteiger partial charge is 0.479 e. The van der Waals surface area contributed by atoms with Gasteiger partial charge in [0.15, 0.2) is 6.10 Å². The zero-order chi connectivity index (χ0) is 11.6. The number of aliphatic hydroxyl groups is 1. The van der Waals surface area contributed by atoms with E-state index in [9.17, 15) is 13.6 Å². The van der Waals surface area contributed by atoms with Gasteiger partial charge in [0.05, 0.1) is 0 Å². The summed E-state index contributed by atoms with van der Waals surface area (Å²) < 4.78 is 26.4. The maximum Gasteiger partial charge on any atom is 0.337 e. The summed E-state index contributed by atoms with van der Waals surface area (Å²) in [5.41, 5.74) is -0.571. The molecule has 6 heteroatoms. The van der Waals surface area contributed by atoms with E-state index in [1.165, 1.54) is 0 Å². The summed E-state index contributed by atoms with van der Waals surface area (Å²) in [7, 11) is 0. The van der Waals surface area contributed by atoms with E-state index in [0.29, 0.717) is 6.07 Å². The predicted octanol–water partition coefficient (Wildman–Crippen LogP) is 1.80. The molecule has 0 bridgehead atoms. The number of aliphatic carboxylic acids is 1. The van der Waals surface area contributed by atoms with Crippen LogP contribution in [0.5, 0.6) is 0 Å². The first-order chi connectivity index (χ1) is 6.97. The number of thioether (sulfide) groups is 1. The van der Waals surface area contributed by atoms with Gasteiger partial charge in [0.2, 0.25) is 0 Å². The molecule has 0 amide bonds. The summed E-state index contributed by atoms with van der Waals surface area (Å²) in [5.74, 6) is -3.31. The van der Waals surface area contributed by atoms with Gasteiger partial charge in [-0.15, -0.1) is 11.8 Å². The Morgan fingerprint density at radius 2 is 2.00 bits per heavy atom. The van der Waals surface area contributed by atoms with Crippen LogP contribution in [-0.2, 0) is 4.79 Å². The smallest absolute Gasteiger partial charge is 0.337 e. The zero-order valence-corrected chi connectivity index (χ0v) is 8.52. The second kappa shape index (κ2) is 4.59. The standard InChI is InChI=1S/C9H8F2O3S/c1-15-7-3-5(10)4(2-6(7)11)8(12)9(13)14/h2-3,8,12H,1H3,(H,13,14). The lowest BCUT2D eigenvalue weighted by atomic mass is 10.1. The van der Waals surface area contributed by atoms with Crippen molar-refractivity contribution in [1.82, 2.24) is 0 Å². The Hall–Kier alpha value is -1.14. The van der Waals surface area contributed by atoms with E-state index >= 15 is 0 Å². The van der Waals surface area contributed by atoms with Gasteiger partial charge in [-0.05, 0) is 18.4 Å². The molecule has 2 N–H and O–H groups in total. The van der Waals surface area contributed by atoms with Crippen LogP contribution in [0.4, 0.5) is 8.78 Å². The molecule has 0 spiro atoms. The van der Waals surface area contributed by atoms with Gasteiger partial charge < -0.3 is 10.2 Å². The Labute approximate surface area is 88.7 Å². The van der Waals surface area contributed by atoms with Crippen molar-refractivity contribution in [3.05, 3.63) is 29.3 Å². The van der Waals surface area contributed by atoms with E-state index in [2.05, 4.69) is 0 Å². The van der Waals surface area contributed by atoms with Crippen LogP contribution in [0.2, 0.25) is 0 Å². The number of halogens is 2. The van der Waals surface area contributed by atoms with Gasteiger partial charge in [-0.2, -0.15) is 0 Å². The average Bonchev–Trinajstić information content (AvgIpc) is 2.19. The Morgan fingerprint density at radius 3 is 2.47 bits per heavy atom. The highest BCUT2D eigenvalue weighted by Gasteiger charge is 2.21. The van der Waals surface area contributed by atoms with Crippen LogP contribution in [0.25, 0.3) is 0 Å². The van der Waals surface area contributed by atoms with Crippen molar-refractivity contribution >= 4 is 17.7 Å². The number of hydrogen-bond acceptors (Lipinski definition) is 3. The summed E-state index contributed by atoms with van der Waals surface area (Å²) in [6.45, 7) is 0. The van der Waals surface area contributed by atoms with Crippen molar-refractivity contribution in [1.29, 1.82) is 0 Å². The number of carboxylic acids is 1. The molecule has 0 aliphatic carbocycles. The van der Waals surface area contributed by atoms with Crippen molar-refractivity contribution in [2.75, 3.05) is 6.26 Å². The fourth-order valence-electron chi connectivity index (χ4n) is 1.04. The van der Waals surface area contributed by atoms with Gasteiger partial charge in [0.1, 0.15) is 11.6 Å². The van der Waals surface area contributed by atoms with Crippen molar-refractivity contribution in [3.8, 4) is 0 Å². The van der Waals surface area contributed by atoms with Crippen LogP contribution in [0.3, 0.4) is 0 Å². The number of carboxylic acid groups (broad SMARTS) is 1. The zero-order valence-electron chi connectivity index (χ0n) is 7.70. The first-order valence-corrected chi connectivity index (χ1v) is 5.13. The van der Waals surface area contributed by atoms with Crippen LogP contribution < -0.4 is 0 Å².